The number of rotatable bonds is 6. The highest BCUT2D eigenvalue weighted by molar-refractivity contribution is 5.96. The quantitative estimate of drug-likeness (QED) is 0.300. The van der Waals surface area contributed by atoms with Crippen LogP contribution in [0, 0.1) is 0 Å². The van der Waals surface area contributed by atoms with Gasteiger partial charge in [-0.05, 0) is 47.5 Å². The summed E-state index contributed by atoms with van der Waals surface area (Å²) in [5.41, 5.74) is -2.71. The van der Waals surface area contributed by atoms with Crippen molar-refractivity contribution in [3.8, 4) is 0 Å². The zero-order valence-electron chi connectivity index (χ0n) is 21.8. The van der Waals surface area contributed by atoms with Crippen molar-refractivity contribution in [3.63, 3.8) is 0 Å². The lowest BCUT2D eigenvalue weighted by atomic mass is 10.0. The van der Waals surface area contributed by atoms with Crippen LogP contribution in [-0.4, -0.2) is 71.1 Å². The maximum Gasteiger partial charge on any atom is 0.425 e. The molecule has 3 rings (SSSR count). The van der Waals surface area contributed by atoms with E-state index in [2.05, 4.69) is 4.74 Å². The van der Waals surface area contributed by atoms with Crippen molar-refractivity contribution in [3.05, 3.63) is 44.8 Å². The molecule has 1 aromatic rings. The molecule has 4 atom stereocenters. The molecule has 3 heterocycles. The summed E-state index contributed by atoms with van der Waals surface area (Å²) in [6.45, 7) is 8.21. The highest BCUT2D eigenvalue weighted by Crippen LogP contribution is 2.44. The second-order valence-electron chi connectivity index (χ2n) is 10.0. The Balaban J connectivity index is 1.93. The van der Waals surface area contributed by atoms with E-state index in [1.54, 1.807) is 34.6 Å². The third-order valence-electron chi connectivity index (χ3n) is 5.62. The first-order chi connectivity index (χ1) is 17.2. The Morgan fingerprint density at radius 1 is 1.08 bits per heavy atom. The van der Waals surface area contributed by atoms with Crippen LogP contribution in [-0.2, 0) is 38.0 Å². The number of hydrogen-bond donors (Lipinski definition) is 0. The van der Waals surface area contributed by atoms with Crippen LogP contribution in [0.2, 0.25) is 0 Å². The van der Waals surface area contributed by atoms with Gasteiger partial charge >= 0.3 is 23.7 Å². The lowest BCUT2D eigenvalue weighted by Gasteiger charge is -2.25. The van der Waals surface area contributed by atoms with Gasteiger partial charge in [-0.2, -0.15) is 4.57 Å². The van der Waals surface area contributed by atoms with Gasteiger partial charge in [0.1, 0.15) is 17.8 Å². The number of fused-ring (bicyclic) bond motifs is 1. The summed E-state index contributed by atoms with van der Waals surface area (Å²) in [5.74, 6) is -2.45. The third kappa shape index (κ3) is 6.35. The summed E-state index contributed by atoms with van der Waals surface area (Å²) < 4.78 is 34.1. The van der Waals surface area contributed by atoms with Crippen molar-refractivity contribution >= 4 is 18.0 Å². The topological polar surface area (TPSA) is 151 Å². The van der Waals surface area contributed by atoms with Crippen LogP contribution in [0.1, 0.15) is 53.7 Å². The van der Waals surface area contributed by atoms with E-state index >= 15 is 0 Å². The highest BCUT2D eigenvalue weighted by Gasteiger charge is 2.56. The molecule has 2 aliphatic rings. The summed E-state index contributed by atoms with van der Waals surface area (Å²) in [6, 6.07) is 1.05. The molecular formula is C24H32N2O11. The zero-order valence-corrected chi connectivity index (χ0v) is 21.8. The second-order valence-corrected chi connectivity index (χ2v) is 10.0. The Bertz CT molecular complexity index is 1200. The summed E-state index contributed by atoms with van der Waals surface area (Å²) >= 11 is 0. The smallest absolute Gasteiger partial charge is 0.425 e. The highest BCUT2D eigenvalue weighted by atomic mass is 16.8. The van der Waals surface area contributed by atoms with Gasteiger partial charge in [0.2, 0.25) is 0 Å². The second kappa shape index (κ2) is 10.6. The van der Waals surface area contributed by atoms with E-state index in [1.165, 1.54) is 20.4 Å². The molecule has 204 valence electrons. The molecule has 0 saturated carbocycles. The molecule has 1 aromatic heterocycles. The Hall–Kier alpha value is -3.29. The minimum Gasteiger partial charge on any atom is -0.466 e. The number of hydrogen-bond acceptors (Lipinski definition) is 11. The van der Waals surface area contributed by atoms with Crippen molar-refractivity contribution < 1.29 is 42.8 Å². The van der Waals surface area contributed by atoms with Crippen LogP contribution in [0.5, 0.6) is 0 Å². The van der Waals surface area contributed by atoms with Gasteiger partial charge in [-0.25, -0.2) is 19.2 Å². The molecule has 2 fully saturated rings. The lowest BCUT2D eigenvalue weighted by molar-refractivity contribution is -0.197. The van der Waals surface area contributed by atoms with Gasteiger partial charge in [-0.1, -0.05) is 0 Å². The van der Waals surface area contributed by atoms with E-state index in [-0.39, 0.29) is 18.4 Å². The molecule has 0 aromatic carbocycles. The molecule has 13 nitrogen and oxygen atoms in total. The van der Waals surface area contributed by atoms with Gasteiger partial charge in [0, 0.05) is 23.9 Å². The van der Waals surface area contributed by atoms with E-state index in [4.69, 9.17) is 23.7 Å². The normalized spacial score (nSPS) is 24.9. The Morgan fingerprint density at radius 2 is 1.73 bits per heavy atom. The van der Waals surface area contributed by atoms with Gasteiger partial charge in [0.15, 0.2) is 12.0 Å². The van der Waals surface area contributed by atoms with Gasteiger partial charge < -0.3 is 28.4 Å². The predicted molar refractivity (Wildman–Crippen MR) is 126 cm³/mol. The summed E-state index contributed by atoms with van der Waals surface area (Å²) in [4.78, 5) is 62.0. The molecule has 0 unspecified atom stereocenters. The van der Waals surface area contributed by atoms with Crippen LogP contribution >= 0.6 is 0 Å². The molecule has 0 radical (unpaired) electrons. The fourth-order valence-electron chi connectivity index (χ4n) is 4.14. The van der Waals surface area contributed by atoms with E-state index in [9.17, 15) is 24.0 Å². The van der Waals surface area contributed by atoms with Crippen LogP contribution in [0.15, 0.2) is 33.5 Å². The largest absolute Gasteiger partial charge is 0.466 e. The summed E-state index contributed by atoms with van der Waals surface area (Å²) in [7, 11) is 2.37. The number of carbonyl (C=O) groups excluding carboxylic acids is 3. The van der Waals surface area contributed by atoms with Gasteiger partial charge in [-0.15, -0.1) is 0 Å². The third-order valence-corrected chi connectivity index (χ3v) is 5.62. The molecule has 37 heavy (non-hydrogen) atoms. The van der Waals surface area contributed by atoms with Crippen molar-refractivity contribution in [2.45, 2.75) is 83.4 Å². The first-order valence-corrected chi connectivity index (χ1v) is 11.6. The fraction of sp³-hybridized carbons (Fsp3) is 0.625. The van der Waals surface area contributed by atoms with Crippen molar-refractivity contribution in [2.75, 3.05) is 14.2 Å². The average Bonchev–Trinajstić information content (AvgIpc) is 3.27. The summed E-state index contributed by atoms with van der Waals surface area (Å²) in [6.07, 6.45) is -1.81. The molecule has 2 aliphatic heterocycles. The number of carbonyl (C=O) groups is 3. The molecule has 2 saturated heterocycles. The first kappa shape index (κ1) is 28.3. The minimum atomic E-state index is -1.12. The van der Waals surface area contributed by atoms with E-state index in [0.29, 0.717) is 4.57 Å². The lowest BCUT2D eigenvalue weighted by Crippen LogP contribution is -2.47. The number of nitrogens with zero attached hydrogens (tertiary/aromatic N) is 2. The van der Waals surface area contributed by atoms with Gasteiger partial charge in [0.25, 0.3) is 5.56 Å². The standard InChI is InChI=1S/C24H32N2O11/c1-23(2,3)37-22(31)26-15(27)10-11-25(21(26)30)19-18-17(35-24(4,5)36-18)14(34-19)9-8-13(20(29)33-7)12-16(28)32-6/h10-12,14,17-19H,8-9H2,1-7H3/b13-12-/t14-,17-,18-,19-/m1/s1. The Labute approximate surface area is 212 Å². The Morgan fingerprint density at radius 3 is 2.32 bits per heavy atom. The molecule has 0 spiro atoms. The monoisotopic (exact) mass is 524 g/mol. The molecule has 0 aliphatic carbocycles. The van der Waals surface area contributed by atoms with Gasteiger partial charge in [-0.3, -0.25) is 9.36 Å². The fourth-order valence-corrected chi connectivity index (χ4v) is 4.14. The molecular weight excluding hydrogens is 492 g/mol. The molecule has 0 bridgehead atoms. The maximum atomic E-state index is 13.2. The van der Waals surface area contributed by atoms with E-state index < -0.39 is 65.2 Å². The Kier molecular flexibility index (Phi) is 8.10. The minimum absolute atomic E-state index is 0.0618. The molecule has 0 amide bonds. The number of ether oxygens (including phenoxy) is 6. The van der Waals surface area contributed by atoms with Crippen molar-refractivity contribution in [1.29, 1.82) is 0 Å². The number of aromatic nitrogens is 2. The zero-order chi connectivity index (χ0) is 27.7. The van der Waals surface area contributed by atoms with Crippen molar-refractivity contribution in [1.82, 2.24) is 9.13 Å². The van der Waals surface area contributed by atoms with Gasteiger partial charge in [0.05, 0.1) is 20.3 Å². The van der Waals surface area contributed by atoms with E-state index in [0.717, 1.165) is 16.7 Å². The van der Waals surface area contributed by atoms with Crippen LogP contribution in [0.4, 0.5) is 4.79 Å². The van der Waals surface area contributed by atoms with Crippen LogP contribution in [0.3, 0.4) is 0 Å². The van der Waals surface area contributed by atoms with Crippen LogP contribution in [0.25, 0.3) is 0 Å². The van der Waals surface area contributed by atoms with Crippen LogP contribution < -0.4 is 11.2 Å². The first-order valence-electron chi connectivity index (χ1n) is 11.6. The molecule has 13 heteroatoms. The predicted octanol–water partition coefficient (Wildman–Crippen LogP) is 1.26. The number of esters is 2. The van der Waals surface area contributed by atoms with Crippen molar-refractivity contribution in [2.24, 2.45) is 0 Å². The van der Waals surface area contributed by atoms with E-state index in [1.807, 2.05) is 0 Å². The summed E-state index contributed by atoms with van der Waals surface area (Å²) in [5, 5.41) is 0. The molecule has 0 N–H and O–H groups in total. The maximum absolute atomic E-state index is 13.2. The SMILES string of the molecule is COC(=O)/C=C(/CC[C@H]1O[C@@H](n2ccc(=O)n(C(=O)OC(C)(C)C)c2=O)[C@@H]2OC(C)(C)O[C@@H]21)C(=O)OC. The average molecular weight is 525 g/mol. The number of methoxy groups -OCH3 is 2.